The van der Waals surface area contributed by atoms with Crippen molar-refractivity contribution in [3.8, 4) is 0 Å². The lowest BCUT2D eigenvalue weighted by Crippen LogP contribution is -2.20. The molecule has 1 atom stereocenters. The van der Waals surface area contributed by atoms with Crippen LogP contribution < -0.4 is 10.0 Å². The zero-order valence-corrected chi connectivity index (χ0v) is 12.5. The minimum absolute atomic E-state index is 0.307. The number of anilines is 1. The van der Waals surface area contributed by atoms with E-state index in [4.69, 9.17) is 0 Å². The highest BCUT2D eigenvalue weighted by molar-refractivity contribution is 7.89. The van der Waals surface area contributed by atoms with E-state index in [1.807, 2.05) is 13.0 Å². The highest BCUT2D eigenvalue weighted by atomic mass is 32.2. The maximum absolute atomic E-state index is 11.8. The van der Waals surface area contributed by atoms with E-state index in [0.717, 1.165) is 23.6 Å². The summed E-state index contributed by atoms with van der Waals surface area (Å²) in [6.45, 7) is 4.14. The molecule has 0 spiro atoms. The number of nitrogens with one attached hydrogen (secondary N) is 2. The maximum atomic E-state index is 11.8. The van der Waals surface area contributed by atoms with Gasteiger partial charge in [0, 0.05) is 11.7 Å². The van der Waals surface area contributed by atoms with Gasteiger partial charge in [-0.05, 0) is 50.9 Å². The third-order valence-corrected chi connectivity index (χ3v) is 4.99. The summed E-state index contributed by atoms with van der Waals surface area (Å²) in [4.78, 5) is 0.307. The fraction of sp³-hybridized carbons (Fsp3) is 0.571. The van der Waals surface area contributed by atoms with E-state index in [2.05, 4.69) is 17.0 Å². The van der Waals surface area contributed by atoms with Gasteiger partial charge in [0.25, 0.3) is 0 Å². The van der Waals surface area contributed by atoms with Crippen LogP contribution in [0.2, 0.25) is 0 Å². The summed E-state index contributed by atoms with van der Waals surface area (Å²) in [6.07, 6.45) is 3.82. The van der Waals surface area contributed by atoms with Gasteiger partial charge in [0.1, 0.15) is 0 Å². The molecule has 106 valence electrons. The van der Waals surface area contributed by atoms with Crippen molar-refractivity contribution in [2.45, 2.75) is 44.0 Å². The SMILES string of the molecule is CNS(=O)(=O)c1ccc(C)c(NC(C)CC2CC2)c1. The molecule has 0 aromatic heterocycles. The smallest absolute Gasteiger partial charge is 0.240 e. The zero-order chi connectivity index (χ0) is 14.0. The molecule has 1 aromatic rings. The van der Waals surface area contributed by atoms with Crippen LogP contribution in [-0.4, -0.2) is 21.5 Å². The van der Waals surface area contributed by atoms with Gasteiger partial charge in [-0.15, -0.1) is 0 Å². The number of hydrogen-bond acceptors (Lipinski definition) is 3. The normalized spacial score (nSPS) is 17.2. The molecule has 1 aromatic carbocycles. The van der Waals surface area contributed by atoms with Crippen molar-refractivity contribution >= 4 is 15.7 Å². The van der Waals surface area contributed by atoms with Crippen LogP contribution in [0.1, 0.15) is 31.7 Å². The van der Waals surface area contributed by atoms with Crippen LogP contribution in [0.5, 0.6) is 0 Å². The molecule has 1 unspecified atom stereocenters. The van der Waals surface area contributed by atoms with Crippen LogP contribution >= 0.6 is 0 Å². The number of hydrogen-bond donors (Lipinski definition) is 2. The van der Waals surface area contributed by atoms with Crippen molar-refractivity contribution in [3.05, 3.63) is 23.8 Å². The fourth-order valence-corrected chi connectivity index (χ4v) is 2.98. The van der Waals surface area contributed by atoms with E-state index in [9.17, 15) is 8.42 Å². The Labute approximate surface area is 115 Å². The van der Waals surface area contributed by atoms with Crippen molar-refractivity contribution in [2.75, 3.05) is 12.4 Å². The van der Waals surface area contributed by atoms with E-state index in [-0.39, 0.29) is 0 Å². The molecule has 19 heavy (non-hydrogen) atoms. The van der Waals surface area contributed by atoms with Gasteiger partial charge in [0.15, 0.2) is 0 Å². The van der Waals surface area contributed by atoms with Gasteiger partial charge in [-0.2, -0.15) is 0 Å². The average molecular weight is 282 g/mol. The van der Waals surface area contributed by atoms with Gasteiger partial charge >= 0.3 is 0 Å². The predicted molar refractivity (Wildman–Crippen MR) is 77.9 cm³/mol. The fourth-order valence-electron chi connectivity index (χ4n) is 2.22. The summed E-state index contributed by atoms with van der Waals surface area (Å²) in [7, 11) is -1.95. The molecule has 1 aliphatic rings. The van der Waals surface area contributed by atoms with Gasteiger partial charge in [-0.25, -0.2) is 13.1 Å². The number of rotatable bonds is 6. The first kappa shape index (κ1) is 14.3. The van der Waals surface area contributed by atoms with Crippen LogP contribution in [0.15, 0.2) is 23.1 Å². The molecule has 1 fully saturated rings. The van der Waals surface area contributed by atoms with Gasteiger partial charge < -0.3 is 5.32 Å². The Morgan fingerprint density at radius 1 is 1.37 bits per heavy atom. The van der Waals surface area contributed by atoms with Gasteiger partial charge in [0.2, 0.25) is 10.0 Å². The summed E-state index contributed by atoms with van der Waals surface area (Å²) in [6, 6.07) is 5.57. The molecule has 0 radical (unpaired) electrons. The van der Waals surface area contributed by atoms with E-state index in [1.54, 1.807) is 12.1 Å². The number of aryl methyl sites for hydroxylation is 1. The lowest BCUT2D eigenvalue weighted by Gasteiger charge is -2.17. The monoisotopic (exact) mass is 282 g/mol. The van der Waals surface area contributed by atoms with E-state index >= 15 is 0 Å². The second kappa shape index (κ2) is 5.51. The Hall–Kier alpha value is -1.07. The van der Waals surface area contributed by atoms with Crippen LogP contribution in [0.4, 0.5) is 5.69 Å². The largest absolute Gasteiger partial charge is 0.382 e. The standard InChI is InChI=1S/C14H22N2O2S/c1-10-4-7-13(19(17,18)15-3)9-14(10)16-11(2)8-12-5-6-12/h4,7,9,11-12,15-16H,5-6,8H2,1-3H3. The number of benzene rings is 1. The molecule has 0 saturated heterocycles. The summed E-state index contributed by atoms with van der Waals surface area (Å²) in [5, 5.41) is 3.43. The summed E-state index contributed by atoms with van der Waals surface area (Å²) >= 11 is 0. The van der Waals surface area contributed by atoms with E-state index in [1.165, 1.54) is 19.9 Å². The molecule has 0 amide bonds. The van der Waals surface area contributed by atoms with Gasteiger partial charge in [0.05, 0.1) is 4.90 Å². The molecule has 0 heterocycles. The zero-order valence-electron chi connectivity index (χ0n) is 11.7. The molecule has 2 N–H and O–H groups in total. The first-order chi connectivity index (χ1) is 8.92. The van der Waals surface area contributed by atoms with Crippen molar-refractivity contribution in [1.29, 1.82) is 0 Å². The first-order valence-corrected chi connectivity index (χ1v) is 8.21. The second-order valence-electron chi connectivity index (χ2n) is 5.41. The Bertz CT molecular complexity index is 551. The first-order valence-electron chi connectivity index (χ1n) is 6.73. The lowest BCUT2D eigenvalue weighted by molar-refractivity contribution is 0.588. The Morgan fingerprint density at radius 3 is 2.63 bits per heavy atom. The van der Waals surface area contributed by atoms with Crippen LogP contribution in [0.25, 0.3) is 0 Å². The van der Waals surface area contributed by atoms with Gasteiger partial charge in [-0.1, -0.05) is 18.9 Å². The second-order valence-corrected chi connectivity index (χ2v) is 7.30. The Morgan fingerprint density at radius 2 is 2.05 bits per heavy atom. The molecule has 0 bridgehead atoms. The third-order valence-electron chi connectivity index (χ3n) is 3.57. The van der Waals surface area contributed by atoms with Crippen LogP contribution in [-0.2, 0) is 10.0 Å². The highest BCUT2D eigenvalue weighted by Crippen LogP contribution is 2.34. The summed E-state index contributed by atoms with van der Waals surface area (Å²) in [5.41, 5.74) is 1.97. The quantitative estimate of drug-likeness (QED) is 0.843. The Kier molecular flexibility index (Phi) is 4.16. The van der Waals surface area contributed by atoms with Crippen molar-refractivity contribution in [3.63, 3.8) is 0 Å². The molecule has 4 nitrogen and oxygen atoms in total. The van der Waals surface area contributed by atoms with E-state index in [0.29, 0.717) is 10.9 Å². The van der Waals surface area contributed by atoms with Crippen molar-refractivity contribution < 1.29 is 8.42 Å². The predicted octanol–water partition coefficient (Wildman–Crippen LogP) is 2.50. The van der Waals surface area contributed by atoms with Gasteiger partial charge in [-0.3, -0.25) is 0 Å². The van der Waals surface area contributed by atoms with Crippen LogP contribution in [0.3, 0.4) is 0 Å². The third kappa shape index (κ3) is 3.70. The average Bonchev–Trinajstić information content (AvgIpc) is 3.15. The molecular formula is C14H22N2O2S. The maximum Gasteiger partial charge on any atom is 0.240 e. The number of sulfonamides is 1. The minimum atomic E-state index is -3.37. The van der Waals surface area contributed by atoms with Crippen molar-refractivity contribution in [2.24, 2.45) is 5.92 Å². The summed E-state index contributed by atoms with van der Waals surface area (Å²) < 4.78 is 25.9. The molecule has 5 heteroatoms. The Balaban J connectivity index is 2.16. The molecule has 1 aliphatic carbocycles. The highest BCUT2D eigenvalue weighted by Gasteiger charge is 2.23. The minimum Gasteiger partial charge on any atom is -0.382 e. The van der Waals surface area contributed by atoms with Crippen LogP contribution in [0, 0.1) is 12.8 Å². The topological polar surface area (TPSA) is 58.2 Å². The van der Waals surface area contributed by atoms with Crippen molar-refractivity contribution in [1.82, 2.24) is 4.72 Å². The molecular weight excluding hydrogens is 260 g/mol. The molecule has 0 aliphatic heterocycles. The van der Waals surface area contributed by atoms with E-state index < -0.39 is 10.0 Å². The molecule has 1 saturated carbocycles. The summed E-state index contributed by atoms with van der Waals surface area (Å²) in [5.74, 6) is 0.854. The lowest BCUT2D eigenvalue weighted by atomic mass is 10.1. The molecule has 2 rings (SSSR count).